The van der Waals surface area contributed by atoms with Crippen LogP contribution in [0.2, 0.25) is 5.02 Å². The van der Waals surface area contributed by atoms with Crippen molar-refractivity contribution < 1.29 is 0 Å². The fourth-order valence-corrected chi connectivity index (χ4v) is 2.56. The van der Waals surface area contributed by atoms with Crippen molar-refractivity contribution >= 4 is 17.3 Å². The van der Waals surface area contributed by atoms with Crippen LogP contribution in [-0.2, 0) is 6.42 Å². The Kier molecular flexibility index (Phi) is 5.66. The zero-order valence-corrected chi connectivity index (χ0v) is 13.7. The molecule has 21 heavy (non-hydrogen) atoms. The topological polar surface area (TPSA) is 15.3 Å². The van der Waals surface area contributed by atoms with Crippen LogP contribution in [0.4, 0.5) is 5.69 Å². The van der Waals surface area contributed by atoms with Gasteiger partial charge in [0.2, 0.25) is 0 Å². The fourth-order valence-electron chi connectivity index (χ4n) is 2.43. The van der Waals surface area contributed by atoms with Crippen LogP contribution in [0.5, 0.6) is 0 Å². The number of nitrogens with zero attached hydrogens (tertiary/aromatic N) is 1. The van der Waals surface area contributed by atoms with E-state index in [4.69, 9.17) is 11.6 Å². The number of likely N-dealkylation sites (N-methyl/N-ethyl adjacent to an activating group) is 1. The van der Waals surface area contributed by atoms with Gasteiger partial charge in [0, 0.05) is 30.8 Å². The first-order valence-corrected chi connectivity index (χ1v) is 7.73. The molecular weight excluding hydrogens is 280 g/mol. The summed E-state index contributed by atoms with van der Waals surface area (Å²) in [6, 6.07) is 17.1. The number of hydrogen-bond acceptors (Lipinski definition) is 2. The molecule has 0 spiro atoms. The first-order chi connectivity index (χ1) is 10.1. The smallest absolute Gasteiger partial charge is 0.0406 e. The van der Waals surface area contributed by atoms with Crippen molar-refractivity contribution in [2.75, 3.05) is 25.5 Å². The summed E-state index contributed by atoms with van der Waals surface area (Å²) in [5, 5.41) is 4.36. The average molecular weight is 303 g/mol. The average Bonchev–Trinajstić information content (AvgIpc) is 2.49. The van der Waals surface area contributed by atoms with Crippen LogP contribution in [0, 0.1) is 0 Å². The lowest BCUT2D eigenvalue weighted by Gasteiger charge is -2.21. The van der Waals surface area contributed by atoms with Crippen molar-refractivity contribution in [3.63, 3.8) is 0 Å². The minimum atomic E-state index is 0.316. The molecule has 2 rings (SSSR count). The van der Waals surface area contributed by atoms with E-state index in [9.17, 15) is 0 Å². The molecule has 1 unspecified atom stereocenters. The van der Waals surface area contributed by atoms with Gasteiger partial charge < -0.3 is 10.2 Å². The molecule has 1 N–H and O–H groups in total. The Balaban J connectivity index is 2.21. The van der Waals surface area contributed by atoms with Gasteiger partial charge in [0.1, 0.15) is 0 Å². The summed E-state index contributed by atoms with van der Waals surface area (Å²) < 4.78 is 0. The third kappa shape index (κ3) is 4.48. The van der Waals surface area contributed by atoms with Gasteiger partial charge in [0.15, 0.2) is 0 Å². The maximum atomic E-state index is 5.96. The van der Waals surface area contributed by atoms with Gasteiger partial charge in [-0.05, 0) is 48.4 Å². The molecule has 0 aliphatic heterocycles. The number of halogens is 1. The number of benzene rings is 2. The second kappa shape index (κ2) is 7.48. The normalized spacial score (nSPS) is 12.2. The van der Waals surface area contributed by atoms with E-state index in [0.717, 1.165) is 18.0 Å². The molecule has 3 heteroatoms. The van der Waals surface area contributed by atoms with Gasteiger partial charge in [-0.2, -0.15) is 0 Å². The summed E-state index contributed by atoms with van der Waals surface area (Å²) in [6.45, 7) is 3.09. The van der Waals surface area contributed by atoms with Crippen LogP contribution in [0.3, 0.4) is 0 Å². The SMILES string of the molecule is CCNC(Cc1ccc(Cl)cc1)c1cccc(N(C)C)c1. The maximum Gasteiger partial charge on any atom is 0.0406 e. The Bertz CT molecular complexity index is 564. The lowest BCUT2D eigenvalue weighted by Crippen LogP contribution is -2.23. The lowest BCUT2D eigenvalue weighted by molar-refractivity contribution is 0.550. The van der Waals surface area contributed by atoms with E-state index in [1.165, 1.54) is 16.8 Å². The summed E-state index contributed by atoms with van der Waals surface area (Å²) in [5.41, 5.74) is 3.84. The first-order valence-electron chi connectivity index (χ1n) is 7.35. The van der Waals surface area contributed by atoms with Crippen molar-refractivity contribution in [3.8, 4) is 0 Å². The second-order valence-corrected chi connectivity index (χ2v) is 5.87. The zero-order valence-electron chi connectivity index (χ0n) is 12.9. The number of anilines is 1. The van der Waals surface area contributed by atoms with Crippen molar-refractivity contribution in [1.82, 2.24) is 5.32 Å². The molecule has 0 aliphatic carbocycles. The van der Waals surface area contributed by atoms with Crippen LogP contribution < -0.4 is 10.2 Å². The van der Waals surface area contributed by atoms with Gasteiger partial charge in [0.05, 0.1) is 0 Å². The molecule has 2 aromatic carbocycles. The van der Waals surface area contributed by atoms with Gasteiger partial charge in [-0.25, -0.2) is 0 Å². The van der Waals surface area contributed by atoms with Crippen LogP contribution in [0.25, 0.3) is 0 Å². The molecule has 2 nitrogen and oxygen atoms in total. The van der Waals surface area contributed by atoms with Crippen LogP contribution >= 0.6 is 11.6 Å². The van der Waals surface area contributed by atoms with Gasteiger partial charge in [-0.3, -0.25) is 0 Å². The zero-order chi connectivity index (χ0) is 15.2. The standard InChI is InChI=1S/C18H23ClN2/c1-4-20-18(12-14-8-10-16(19)11-9-14)15-6-5-7-17(13-15)21(2)3/h5-11,13,18,20H,4,12H2,1-3H3. The van der Waals surface area contributed by atoms with E-state index >= 15 is 0 Å². The Morgan fingerprint density at radius 2 is 1.81 bits per heavy atom. The summed E-state index contributed by atoms with van der Waals surface area (Å²) in [6.07, 6.45) is 0.960. The minimum absolute atomic E-state index is 0.316. The Hall–Kier alpha value is -1.51. The Morgan fingerprint density at radius 1 is 1.10 bits per heavy atom. The number of hydrogen-bond donors (Lipinski definition) is 1. The molecule has 0 radical (unpaired) electrons. The largest absolute Gasteiger partial charge is 0.378 e. The highest BCUT2D eigenvalue weighted by Gasteiger charge is 2.12. The highest BCUT2D eigenvalue weighted by Crippen LogP contribution is 2.23. The third-order valence-electron chi connectivity index (χ3n) is 3.59. The molecule has 0 fully saturated rings. The molecule has 0 aliphatic rings. The molecule has 112 valence electrons. The summed E-state index contributed by atoms with van der Waals surface area (Å²) >= 11 is 5.96. The molecule has 1 atom stereocenters. The summed E-state index contributed by atoms with van der Waals surface area (Å²) in [5.74, 6) is 0. The van der Waals surface area contributed by atoms with Crippen LogP contribution in [0.15, 0.2) is 48.5 Å². The van der Waals surface area contributed by atoms with E-state index in [-0.39, 0.29) is 0 Å². The number of rotatable bonds is 6. The van der Waals surface area contributed by atoms with Crippen LogP contribution in [-0.4, -0.2) is 20.6 Å². The van der Waals surface area contributed by atoms with E-state index in [0.29, 0.717) is 6.04 Å². The van der Waals surface area contributed by atoms with E-state index in [1.54, 1.807) is 0 Å². The predicted molar refractivity (Wildman–Crippen MR) is 92.3 cm³/mol. The lowest BCUT2D eigenvalue weighted by atomic mass is 9.98. The number of nitrogens with one attached hydrogen (secondary N) is 1. The molecule has 0 heterocycles. The maximum absolute atomic E-state index is 5.96. The summed E-state index contributed by atoms with van der Waals surface area (Å²) in [4.78, 5) is 2.13. The molecule has 0 bridgehead atoms. The molecule has 0 amide bonds. The monoisotopic (exact) mass is 302 g/mol. The van der Waals surface area contributed by atoms with Crippen molar-refractivity contribution in [1.29, 1.82) is 0 Å². The highest BCUT2D eigenvalue weighted by atomic mass is 35.5. The van der Waals surface area contributed by atoms with Gasteiger partial charge in [0.25, 0.3) is 0 Å². The molecule has 2 aromatic rings. The molecular formula is C18H23ClN2. The van der Waals surface area contributed by atoms with Crippen LogP contribution in [0.1, 0.15) is 24.1 Å². The minimum Gasteiger partial charge on any atom is -0.378 e. The molecule has 0 saturated heterocycles. The Labute approximate surface area is 132 Å². The fraction of sp³-hybridized carbons (Fsp3) is 0.333. The van der Waals surface area contributed by atoms with E-state index in [1.807, 2.05) is 12.1 Å². The van der Waals surface area contributed by atoms with Crippen molar-refractivity contribution in [2.24, 2.45) is 0 Å². The summed E-state index contributed by atoms with van der Waals surface area (Å²) in [7, 11) is 4.14. The molecule has 0 aromatic heterocycles. The van der Waals surface area contributed by atoms with E-state index < -0.39 is 0 Å². The second-order valence-electron chi connectivity index (χ2n) is 5.43. The molecule has 0 saturated carbocycles. The third-order valence-corrected chi connectivity index (χ3v) is 3.84. The van der Waals surface area contributed by atoms with E-state index in [2.05, 4.69) is 67.6 Å². The van der Waals surface area contributed by atoms with Gasteiger partial charge in [-0.15, -0.1) is 0 Å². The van der Waals surface area contributed by atoms with Gasteiger partial charge >= 0.3 is 0 Å². The van der Waals surface area contributed by atoms with Gasteiger partial charge in [-0.1, -0.05) is 42.8 Å². The quantitative estimate of drug-likeness (QED) is 0.856. The Morgan fingerprint density at radius 3 is 2.43 bits per heavy atom. The van der Waals surface area contributed by atoms with Crippen molar-refractivity contribution in [2.45, 2.75) is 19.4 Å². The van der Waals surface area contributed by atoms with Crippen molar-refractivity contribution in [3.05, 3.63) is 64.7 Å². The highest BCUT2D eigenvalue weighted by molar-refractivity contribution is 6.30. The predicted octanol–water partition coefficient (Wildman–Crippen LogP) is 4.30. The first kappa shape index (κ1) is 15.9.